The number of rotatable bonds is 6. The predicted octanol–water partition coefficient (Wildman–Crippen LogP) is 0.710. The molecule has 0 radical (unpaired) electrons. The highest BCUT2D eigenvalue weighted by Crippen LogP contribution is 2.20. The SMILES string of the molecule is CCCN(CC(=O)N(C)C)C[C@@H](O)C(F)(F)F. The van der Waals surface area contributed by atoms with Gasteiger partial charge in [-0.1, -0.05) is 6.92 Å². The highest BCUT2D eigenvalue weighted by Gasteiger charge is 2.39. The second-order valence-corrected chi connectivity index (χ2v) is 4.08. The van der Waals surface area contributed by atoms with Gasteiger partial charge in [0.2, 0.25) is 5.91 Å². The van der Waals surface area contributed by atoms with Crippen molar-refractivity contribution in [3.63, 3.8) is 0 Å². The maximum atomic E-state index is 12.2. The van der Waals surface area contributed by atoms with Crippen molar-refractivity contribution in [2.24, 2.45) is 0 Å². The molecule has 0 aliphatic rings. The molecule has 0 saturated carbocycles. The van der Waals surface area contributed by atoms with Gasteiger partial charge in [0.05, 0.1) is 6.54 Å². The van der Waals surface area contributed by atoms with Crippen LogP contribution in [0.25, 0.3) is 0 Å². The lowest BCUT2D eigenvalue weighted by atomic mass is 10.3. The highest BCUT2D eigenvalue weighted by atomic mass is 19.4. The van der Waals surface area contributed by atoms with Gasteiger partial charge in [0.25, 0.3) is 0 Å². The van der Waals surface area contributed by atoms with Crippen LogP contribution in [0.15, 0.2) is 0 Å². The van der Waals surface area contributed by atoms with E-state index in [1.54, 1.807) is 6.92 Å². The summed E-state index contributed by atoms with van der Waals surface area (Å²) in [5.41, 5.74) is 0. The number of aliphatic hydroxyl groups is 1. The van der Waals surface area contributed by atoms with Gasteiger partial charge in [-0.2, -0.15) is 13.2 Å². The van der Waals surface area contributed by atoms with Gasteiger partial charge in [-0.05, 0) is 13.0 Å². The molecule has 0 aromatic carbocycles. The predicted molar refractivity (Wildman–Crippen MR) is 57.5 cm³/mol. The fourth-order valence-corrected chi connectivity index (χ4v) is 1.23. The van der Waals surface area contributed by atoms with E-state index in [-0.39, 0.29) is 12.5 Å². The molecule has 0 fully saturated rings. The minimum absolute atomic E-state index is 0.117. The molecule has 0 aromatic rings. The number of alkyl halides is 3. The first-order valence-corrected chi connectivity index (χ1v) is 5.35. The standard InChI is InChI=1S/C10H19F3N2O2/c1-4-5-15(7-9(17)14(2)3)6-8(16)10(11,12)13/h8,16H,4-7H2,1-3H3/t8-/m1/s1. The Kier molecular flexibility index (Phi) is 6.48. The number of carbonyl (C=O) groups is 1. The number of amides is 1. The second kappa shape index (κ2) is 6.80. The molecule has 1 atom stereocenters. The van der Waals surface area contributed by atoms with E-state index in [0.29, 0.717) is 13.0 Å². The summed E-state index contributed by atoms with van der Waals surface area (Å²) in [7, 11) is 3.07. The molecule has 0 spiro atoms. The molecule has 17 heavy (non-hydrogen) atoms. The smallest absolute Gasteiger partial charge is 0.382 e. The zero-order valence-electron chi connectivity index (χ0n) is 10.3. The van der Waals surface area contributed by atoms with Crippen LogP contribution in [0.5, 0.6) is 0 Å². The normalized spacial score (nSPS) is 13.9. The number of halogens is 3. The fraction of sp³-hybridized carbons (Fsp3) is 0.900. The van der Waals surface area contributed by atoms with E-state index in [2.05, 4.69) is 0 Å². The van der Waals surface area contributed by atoms with Gasteiger partial charge in [-0.3, -0.25) is 9.69 Å². The van der Waals surface area contributed by atoms with Crippen molar-refractivity contribution in [2.75, 3.05) is 33.7 Å². The Hall–Kier alpha value is -0.820. The van der Waals surface area contributed by atoms with Gasteiger partial charge in [0.1, 0.15) is 0 Å². The molecule has 7 heteroatoms. The summed E-state index contributed by atoms with van der Waals surface area (Å²) >= 11 is 0. The average Bonchev–Trinajstić information content (AvgIpc) is 2.16. The minimum atomic E-state index is -4.65. The Morgan fingerprint density at radius 3 is 2.24 bits per heavy atom. The van der Waals surface area contributed by atoms with E-state index in [4.69, 9.17) is 5.11 Å². The van der Waals surface area contributed by atoms with Gasteiger partial charge in [0, 0.05) is 20.6 Å². The monoisotopic (exact) mass is 256 g/mol. The third kappa shape index (κ3) is 6.48. The summed E-state index contributed by atoms with van der Waals surface area (Å²) in [5, 5.41) is 8.94. The number of carbonyl (C=O) groups excluding carboxylic acids is 1. The van der Waals surface area contributed by atoms with Crippen LogP contribution in [0, 0.1) is 0 Å². The molecule has 0 bridgehead atoms. The lowest BCUT2D eigenvalue weighted by Crippen LogP contribution is -2.45. The van der Waals surface area contributed by atoms with Crippen molar-refractivity contribution in [1.29, 1.82) is 0 Å². The molecule has 0 aliphatic carbocycles. The van der Waals surface area contributed by atoms with E-state index in [1.165, 1.54) is 23.9 Å². The van der Waals surface area contributed by atoms with Gasteiger partial charge < -0.3 is 10.0 Å². The number of nitrogens with zero attached hydrogens (tertiary/aromatic N) is 2. The van der Waals surface area contributed by atoms with Gasteiger partial charge in [-0.25, -0.2) is 0 Å². The first-order valence-electron chi connectivity index (χ1n) is 5.35. The molecule has 0 aromatic heterocycles. The van der Waals surface area contributed by atoms with E-state index in [9.17, 15) is 18.0 Å². The molecule has 102 valence electrons. The first kappa shape index (κ1) is 16.2. The average molecular weight is 256 g/mol. The van der Waals surface area contributed by atoms with Crippen molar-refractivity contribution >= 4 is 5.91 Å². The van der Waals surface area contributed by atoms with Crippen LogP contribution < -0.4 is 0 Å². The Bertz CT molecular complexity index is 244. The number of aliphatic hydroxyl groups excluding tert-OH is 1. The third-order valence-corrected chi connectivity index (χ3v) is 2.21. The van der Waals surface area contributed by atoms with Crippen molar-refractivity contribution in [3.05, 3.63) is 0 Å². The Balaban J connectivity index is 4.39. The molecule has 0 aliphatic heterocycles. The Morgan fingerprint density at radius 1 is 1.35 bits per heavy atom. The van der Waals surface area contributed by atoms with Crippen LogP contribution in [0.3, 0.4) is 0 Å². The molecule has 0 rings (SSSR count). The van der Waals surface area contributed by atoms with Crippen molar-refractivity contribution in [3.8, 4) is 0 Å². The lowest BCUT2D eigenvalue weighted by Gasteiger charge is -2.26. The van der Waals surface area contributed by atoms with E-state index < -0.39 is 18.8 Å². The second-order valence-electron chi connectivity index (χ2n) is 4.08. The Labute approximate surface area is 99.0 Å². The summed E-state index contributed by atoms with van der Waals surface area (Å²) in [6.45, 7) is 1.45. The molecule has 0 saturated heterocycles. The van der Waals surface area contributed by atoms with Gasteiger partial charge >= 0.3 is 6.18 Å². The molecular formula is C10H19F3N2O2. The number of likely N-dealkylation sites (N-methyl/N-ethyl adjacent to an activating group) is 1. The highest BCUT2D eigenvalue weighted by molar-refractivity contribution is 5.77. The van der Waals surface area contributed by atoms with Gasteiger partial charge in [-0.15, -0.1) is 0 Å². The van der Waals surface area contributed by atoms with Crippen molar-refractivity contribution < 1.29 is 23.1 Å². The maximum absolute atomic E-state index is 12.2. The summed E-state index contributed by atoms with van der Waals surface area (Å²) < 4.78 is 36.5. The zero-order chi connectivity index (χ0) is 13.6. The number of hydrogen-bond donors (Lipinski definition) is 1. The summed E-state index contributed by atoms with van der Waals surface area (Å²) in [6.07, 6.45) is -6.44. The lowest BCUT2D eigenvalue weighted by molar-refractivity contribution is -0.208. The van der Waals surface area contributed by atoms with Crippen molar-refractivity contribution in [2.45, 2.75) is 25.6 Å². The van der Waals surface area contributed by atoms with E-state index >= 15 is 0 Å². The largest absolute Gasteiger partial charge is 0.415 e. The van der Waals surface area contributed by atoms with Crippen LogP contribution in [-0.4, -0.2) is 66.8 Å². The van der Waals surface area contributed by atoms with Crippen LogP contribution in [0.2, 0.25) is 0 Å². The van der Waals surface area contributed by atoms with Crippen LogP contribution in [0.4, 0.5) is 13.2 Å². The van der Waals surface area contributed by atoms with E-state index in [0.717, 1.165) is 0 Å². The Morgan fingerprint density at radius 2 is 1.88 bits per heavy atom. The minimum Gasteiger partial charge on any atom is -0.382 e. The fourth-order valence-electron chi connectivity index (χ4n) is 1.23. The molecule has 0 unspecified atom stereocenters. The summed E-state index contributed by atoms with van der Waals surface area (Å²) in [6, 6.07) is 0. The summed E-state index contributed by atoms with van der Waals surface area (Å²) in [4.78, 5) is 14.0. The molecular weight excluding hydrogens is 237 g/mol. The topological polar surface area (TPSA) is 43.8 Å². The first-order chi connectivity index (χ1) is 7.68. The quantitative estimate of drug-likeness (QED) is 0.761. The van der Waals surface area contributed by atoms with Crippen molar-refractivity contribution in [1.82, 2.24) is 9.80 Å². The summed E-state index contributed by atoms with van der Waals surface area (Å²) in [5.74, 6) is -0.284. The molecule has 1 N–H and O–H groups in total. The van der Waals surface area contributed by atoms with E-state index in [1.807, 2.05) is 0 Å². The van der Waals surface area contributed by atoms with Gasteiger partial charge in [0.15, 0.2) is 6.10 Å². The third-order valence-electron chi connectivity index (χ3n) is 2.21. The molecule has 0 heterocycles. The number of hydrogen-bond acceptors (Lipinski definition) is 3. The van der Waals surface area contributed by atoms with Crippen LogP contribution >= 0.6 is 0 Å². The molecule has 1 amide bonds. The zero-order valence-corrected chi connectivity index (χ0v) is 10.3. The van der Waals surface area contributed by atoms with Crippen LogP contribution in [-0.2, 0) is 4.79 Å². The maximum Gasteiger partial charge on any atom is 0.415 e. The van der Waals surface area contributed by atoms with Crippen LogP contribution in [0.1, 0.15) is 13.3 Å². The molecule has 4 nitrogen and oxygen atoms in total.